The number of ether oxygens (including phenoxy) is 2. The first kappa shape index (κ1) is 27.1. The minimum absolute atomic E-state index is 0.00722. The number of halogens is 1. The number of nitrogens with one attached hydrogen (secondary N) is 2. The fourth-order valence-corrected chi connectivity index (χ4v) is 5.07. The third-order valence-corrected chi connectivity index (χ3v) is 6.94. The van der Waals surface area contributed by atoms with Crippen LogP contribution in [-0.2, 0) is 23.4 Å². The molecule has 1 aromatic carbocycles. The van der Waals surface area contributed by atoms with Crippen molar-refractivity contribution in [1.29, 1.82) is 0 Å². The molecule has 2 aromatic rings. The van der Waals surface area contributed by atoms with Gasteiger partial charge in [0.05, 0.1) is 25.4 Å². The minimum atomic E-state index is -4.14. The van der Waals surface area contributed by atoms with Crippen LogP contribution in [0.2, 0.25) is 0 Å². The average Bonchev–Trinajstić information content (AvgIpc) is 3.19. The standard InChI is InChI=1S/C21H25BrN3O9P/c1-13(20(28)31-2)24-35(30,34-15-6-4-3-5-7-15)32-12-17-16(26)10-18(33-17)25-11-14(8-9-22)19(27)23-21(25)29/h3-9,11,13,16-18,26H,10,12H2,1-2H3,(H,24,30)(H,23,27,29)/b9-8+/t13-,16-,17?,18?,35?/m0/s1. The molecule has 5 atom stereocenters. The smallest absolute Gasteiger partial charge is 0.459 e. The van der Waals surface area contributed by atoms with Gasteiger partial charge in [-0.1, -0.05) is 34.1 Å². The number of aromatic nitrogens is 2. The fraction of sp³-hybridized carbons (Fsp3) is 0.381. The van der Waals surface area contributed by atoms with E-state index in [2.05, 4.69) is 30.7 Å². The summed E-state index contributed by atoms with van der Waals surface area (Å²) in [6.07, 6.45) is -0.224. The van der Waals surface area contributed by atoms with Crippen LogP contribution in [0.1, 0.15) is 25.1 Å². The summed E-state index contributed by atoms with van der Waals surface area (Å²) in [7, 11) is -2.95. The molecule has 1 aliphatic rings. The first-order valence-corrected chi connectivity index (χ1v) is 12.9. The van der Waals surface area contributed by atoms with Gasteiger partial charge in [-0.2, -0.15) is 5.09 Å². The summed E-state index contributed by atoms with van der Waals surface area (Å²) in [4.78, 5) is 39.7. The predicted octanol–water partition coefficient (Wildman–Crippen LogP) is 1.91. The molecule has 12 nitrogen and oxygen atoms in total. The Balaban J connectivity index is 1.75. The summed E-state index contributed by atoms with van der Waals surface area (Å²) >= 11 is 3.08. The van der Waals surface area contributed by atoms with Crippen molar-refractivity contribution in [3.05, 3.63) is 67.9 Å². The van der Waals surface area contributed by atoms with Gasteiger partial charge in [0.15, 0.2) is 0 Å². The van der Waals surface area contributed by atoms with E-state index < -0.39 is 56.0 Å². The maximum Gasteiger partial charge on any atom is 0.459 e. The van der Waals surface area contributed by atoms with Crippen molar-refractivity contribution in [1.82, 2.24) is 14.6 Å². The SMILES string of the molecule is COC(=O)[C@H](C)NP(=O)(OCC1OC(n2cc(/C=C/Br)c(=O)[nH]c2=O)C[C@@H]1O)Oc1ccccc1. The molecule has 0 aliphatic carbocycles. The van der Waals surface area contributed by atoms with Crippen LogP contribution in [0.4, 0.5) is 0 Å². The Kier molecular flexibility index (Phi) is 9.22. The zero-order chi connectivity index (χ0) is 25.6. The van der Waals surface area contributed by atoms with Gasteiger partial charge in [-0.25, -0.2) is 9.36 Å². The number of carbonyl (C=O) groups is 1. The number of benzene rings is 1. The number of carbonyl (C=O) groups excluding carboxylic acids is 1. The van der Waals surface area contributed by atoms with Crippen LogP contribution in [0, 0.1) is 0 Å². The summed E-state index contributed by atoms with van der Waals surface area (Å²) in [5.74, 6) is -0.466. The van der Waals surface area contributed by atoms with Crippen LogP contribution < -0.4 is 20.9 Å². The van der Waals surface area contributed by atoms with Crippen molar-refractivity contribution < 1.29 is 33.0 Å². The number of aliphatic hydroxyl groups excluding tert-OH is 1. The average molecular weight is 574 g/mol. The minimum Gasteiger partial charge on any atom is -0.468 e. The zero-order valence-corrected chi connectivity index (χ0v) is 21.3. The molecule has 35 heavy (non-hydrogen) atoms. The number of H-pyrrole nitrogens is 1. The molecule has 0 bridgehead atoms. The van der Waals surface area contributed by atoms with Gasteiger partial charge in [-0.3, -0.25) is 23.7 Å². The normalized spacial score (nSPS) is 22.6. The molecule has 190 valence electrons. The van der Waals surface area contributed by atoms with Crippen LogP contribution in [0.3, 0.4) is 0 Å². The Hall–Kier alpha value is -2.54. The summed E-state index contributed by atoms with van der Waals surface area (Å²) < 4.78 is 36.0. The Labute approximate surface area is 208 Å². The second kappa shape index (κ2) is 11.9. The molecule has 2 heterocycles. The highest BCUT2D eigenvalue weighted by Crippen LogP contribution is 2.45. The van der Waals surface area contributed by atoms with E-state index in [1.807, 2.05) is 0 Å². The highest BCUT2D eigenvalue weighted by molar-refractivity contribution is 9.11. The van der Waals surface area contributed by atoms with E-state index in [0.717, 1.165) is 4.57 Å². The molecular weight excluding hydrogens is 549 g/mol. The maximum atomic E-state index is 13.4. The third-order valence-electron chi connectivity index (χ3n) is 5.04. The number of aromatic amines is 1. The maximum absolute atomic E-state index is 13.4. The number of nitrogens with zero attached hydrogens (tertiary/aromatic N) is 1. The van der Waals surface area contributed by atoms with Crippen molar-refractivity contribution in [3.63, 3.8) is 0 Å². The van der Waals surface area contributed by atoms with E-state index >= 15 is 0 Å². The Morgan fingerprint density at radius 3 is 2.77 bits per heavy atom. The molecule has 0 spiro atoms. The van der Waals surface area contributed by atoms with Crippen molar-refractivity contribution in [2.24, 2.45) is 0 Å². The summed E-state index contributed by atoms with van der Waals surface area (Å²) in [6.45, 7) is 1.03. The summed E-state index contributed by atoms with van der Waals surface area (Å²) in [5.41, 5.74) is -1.10. The number of para-hydroxylation sites is 1. The second-order valence-electron chi connectivity index (χ2n) is 7.55. The van der Waals surface area contributed by atoms with Crippen molar-refractivity contribution in [2.75, 3.05) is 13.7 Å². The monoisotopic (exact) mass is 573 g/mol. The van der Waals surface area contributed by atoms with E-state index in [1.54, 1.807) is 30.3 Å². The zero-order valence-electron chi connectivity index (χ0n) is 18.8. The van der Waals surface area contributed by atoms with Crippen LogP contribution in [0.5, 0.6) is 5.75 Å². The van der Waals surface area contributed by atoms with Gasteiger partial charge in [-0.15, -0.1) is 0 Å². The van der Waals surface area contributed by atoms with Gasteiger partial charge >= 0.3 is 19.4 Å². The largest absolute Gasteiger partial charge is 0.468 e. The quantitative estimate of drug-likeness (QED) is 0.283. The van der Waals surface area contributed by atoms with Gasteiger partial charge in [0.1, 0.15) is 24.1 Å². The second-order valence-corrected chi connectivity index (χ2v) is 9.77. The van der Waals surface area contributed by atoms with Gasteiger partial charge in [-0.05, 0) is 30.1 Å². The van der Waals surface area contributed by atoms with Crippen molar-refractivity contribution in [2.45, 2.75) is 37.8 Å². The third kappa shape index (κ3) is 7.00. The number of esters is 1. The molecule has 3 N–H and O–H groups in total. The van der Waals surface area contributed by atoms with Crippen molar-refractivity contribution >= 4 is 35.7 Å². The number of hydrogen-bond donors (Lipinski definition) is 3. The molecule has 1 aliphatic heterocycles. The molecule has 1 fully saturated rings. The summed E-state index contributed by atoms with van der Waals surface area (Å²) in [6, 6.07) is 7.15. The number of rotatable bonds is 10. The Morgan fingerprint density at radius 1 is 1.40 bits per heavy atom. The van der Waals surface area contributed by atoms with Gasteiger partial charge < -0.3 is 19.1 Å². The lowest BCUT2D eigenvalue weighted by Gasteiger charge is -2.24. The first-order valence-electron chi connectivity index (χ1n) is 10.5. The molecule has 1 aromatic heterocycles. The topological polar surface area (TPSA) is 158 Å². The Bertz CT molecular complexity index is 1220. The van der Waals surface area contributed by atoms with E-state index in [4.69, 9.17) is 13.8 Å². The molecule has 1 saturated heterocycles. The highest BCUT2D eigenvalue weighted by atomic mass is 79.9. The van der Waals surface area contributed by atoms with Gasteiger partial charge in [0.2, 0.25) is 0 Å². The molecule has 3 rings (SSSR count). The van der Waals surface area contributed by atoms with Crippen LogP contribution in [-0.4, -0.2) is 52.6 Å². The first-order chi connectivity index (χ1) is 16.7. The molecule has 0 amide bonds. The molecule has 0 saturated carbocycles. The summed E-state index contributed by atoms with van der Waals surface area (Å²) in [5, 5.41) is 13.0. The number of aliphatic hydroxyl groups is 1. The van der Waals surface area contributed by atoms with E-state index in [1.165, 1.54) is 31.3 Å². The van der Waals surface area contributed by atoms with E-state index in [0.29, 0.717) is 0 Å². The van der Waals surface area contributed by atoms with E-state index in [-0.39, 0.29) is 17.7 Å². The lowest BCUT2D eigenvalue weighted by molar-refractivity contribution is -0.142. The fourth-order valence-electron chi connectivity index (χ4n) is 3.29. The van der Waals surface area contributed by atoms with Crippen LogP contribution in [0.25, 0.3) is 6.08 Å². The molecule has 3 unspecified atom stereocenters. The number of hydrogen-bond acceptors (Lipinski definition) is 9. The van der Waals surface area contributed by atoms with E-state index in [9.17, 15) is 24.1 Å². The van der Waals surface area contributed by atoms with Gasteiger partial charge in [0.25, 0.3) is 5.56 Å². The van der Waals surface area contributed by atoms with Crippen LogP contribution >= 0.6 is 23.7 Å². The number of methoxy groups -OCH3 is 1. The Morgan fingerprint density at radius 2 is 2.11 bits per heavy atom. The molecular formula is C21H25BrN3O9P. The van der Waals surface area contributed by atoms with Crippen molar-refractivity contribution in [3.8, 4) is 5.75 Å². The van der Waals surface area contributed by atoms with Gasteiger partial charge in [0, 0.05) is 12.6 Å². The lowest BCUT2D eigenvalue weighted by atomic mass is 10.2. The lowest BCUT2D eigenvalue weighted by Crippen LogP contribution is -2.36. The molecule has 0 radical (unpaired) electrons. The van der Waals surface area contributed by atoms with Crippen LogP contribution in [0.15, 0.2) is 51.1 Å². The molecule has 14 heteroatoms. The highest BCUT2D eigenvalue weighted by Gasteiger charge is 2.39. The predicted molar refractivity (Wildman–Crippen MR) is 129 cm³/mol.